The van der Waals surface area contributed by atoms with E-state index in [0.717, 1.165) is 6.54 Å². The van der Waals surface area contributed by atoms with Gasteiger partial charge in [-0.2, -0.15) is 0 Å². The van der Waals surface area contributed by atoms with Crippen LogP contribution in [0.5, 0.6) is 0 Å². The third-order valence-corrected chi connectivity index (χ3v) is 4.14. The van der Waals surface area contributed by atoms with Crippen molar-refractivity contribution < 1.29 is 9.84 Å². The predicted molar refractivity (Wildman–Crippen MR) is 78.1 cm³/mol. The van der Waals surface area contributed by atoms with E-state index < -0.39 is 6.10 Å². The Morgan fingerprint density at radius 3 is 2.95 bits per heavy atom. The van der Waals surface area contributed by atoms with Crippen LogP contribution in [0.2, 0.25) is 0 Å². The summed E-state index contributed by atoms with van der Waals surface area (Å²) in [7, 11) is 0. The fraction of sp³-hybridized carbons (Fsp3) is 0.600. The zero-order valence-electron chi connectivity index (χ0n) is 11.3. The summed E-state index contributed by atoms with van der Waals surface area (Å²) in [6.07, 6.45) is 7.13. The van der Waals surface area contributed by atoms with Crippen molar-refractivity contribution in [3.05, 3.63) is 21.9 Å². The second kappa shape index (κ2) is 7.06. The van der Waals surface area contributed by atoms with E-state index in [0.29, 0.717) is 19.2 Å². The van der Waals surface area contributed by atoms with E-state index >= 15 is 0 Å². The van der Waals surface area contributed by atoms with Crippen LogP contribution in [0.3, 0.4) is 0 Å². The van der Waals surface area contributed by atoms with E-state index in [1.54, 1.807) is 0 Å². The van der Waals surface area contributed by atoms with Gasteiger partial charge in [-0.1, -0.05) is 5.92 Å². The summed E-state index contributed by atoms with van der Waals surface area (Å²) in [5.41, 5.74) is 0. The summed E-state index contributed by atoms with van der Waals surface area (Å²) in [6, 6.07) is 4.96. The number of thiophene rings is 1. The molecule has 1 aliphatic carbocycles. The van der Waals surface area contributed by atoms with Crippen LogP contribution in [0.4, 0.5) is 0 Å². The Hall–Kier alpha value is -0.860. The van der Waals surface area contributed by atoms with Crippen LogP contribution in [0, 0.1) is 19.3 Å². The van der Waals surface area contributed by atoms with E-state index in [1.165, 1.54) is 22.6 Å². The first-order valence-corrected chi connectivity index (χ1v) is 7.49. The van der Waals surface area contributed by atoms with Crippen LogP contribution in [0.25, 0.3) is 0 Å². The van der Waals surface area contributed by atoms with Gasteiger partial charge in [-0.3, -0.25) is 4.90 Å². The molecule has 0 unspecified atom stereocenters. The molecule has 1 aromatic rings. The molecule has 1 heterocycles. The van der Waals surface area contributed by atoms with E-state index in [1.807, 2.05) is 11.3 Å². The molecule has 0 saturated heterocycles. The van der Waals surface area contributed by atoms with Crippen molar-refractivity contribution in [1.82, 2.24) is 4.90 Å². The van der Waals surface area contributed by atoms with Crippen LogP contribution in [-0.2, 0) is 11.3 Å². The highest BCUT2D eigenvalue weighted by Gasteiger charge is 2.30. The summed E-state index contributed by atoms with van der Waals surface area (Å²) < 4.78 is 5.19. The van der Waals surface area contributed by atoms with Gasteiger partial charge in [-0.15, -0.1) is 17.8 Å². The highest BCUT2D eigenvalue weighted by molar-refractivity contribution is 7.11. The Bertz CT molecular complexity index is 434. The molecule has 0 spiro atoms. The topological polar surface area (TPSA) is 32.7 Å². The molecule has 104 valence electrons. The number of terminal acetylenes is 1. The second-order valence-electron chi connectivity index (χ2n) is 5.05. The lowest BCUT2D eigenvalue weighted by Crippen LogP contribution is -2.36. The fourth-order valence-corrected chi connectivity index (χ4v) is 3.05. The molecule has 0 radical (unpaired) electrons. The van der Waals surface area contributed by atoms with Crippen molar-refractivity contribution >= 4 is 11.3 Å². The molecule has 3 nitrogen and oxygen atoms in total. The van der Waals surface area contributed by atoms with Gasteiger partial charge in [0.2, 0.25) is 0 Å². The SMILES string of the molecule is C#CCOC[C@H](O)CN(Cc1ccc(C)s1)C1CC1. The largest absolute Gasteiger partial charge is 0.389 e. The molecule has 4 heteroatoms. The minimum absolute atomic E-state index is 0.268. The third kappa shape index (κ3) is 4.96. The molecule has 1 aliphatic rings. The van der Waals surface area contributed by atoms with Crippen LogP contribution in [0.15, 0.2) is 12.1 Å². The average Bonchev–Trinajstić information content (AvgIpc) is 3.13. The van der Waals surface area contributed by atoms with E-state index in [-0.39, 0.29) is 6.61 Å². The molecule has 0 aliphatic heterocycles. The Balaban J connectivity index is 1.81. The molecule has 0 bridgehead atoms. The Morgan fingerprint density at radius 2 is 2.37 bits per heavy atom. The maximum atomic E-state index is 9.97. The summed E-state index contributed by atoms with van der Waals surface area (Å²) in [5, 5.41) is 9.97. The van der Waals surface area contributed by atoms with Crippen molar-refractivity contribution in [3.8, 4) is 12.3 Å². The minimum Gasteiger partial charge on any atom is -0.389 e. The lowest BCUT2D eigenvalue weighted by Gasteiger charge is -2.24. The van der Waals surface area contributed by atoms with Gasteiger partial charge in [0.05, 0.1) is 12.7 Å². The van der Waals surface area contributed by atoms with E-state index in [4.69, 9.17) is 11.2 Å². The minimum atomic E-state index is -0.463. The number of aliphatic hydroxyl groups excluding tert-OH is 1. The summed E-state index contributed by atoms with van der Waals surface area (Å²) in [6.45, 7) is 4.29. The lowest BCUT2D eigenvalue weighted by atomic mass is 10.3. The zero-order valence-corrected chi connectivity index (χ0v) is 12.2. The Kier molecular flexibility index (Phi) is 5.41. The van der Waals surface area contributed by atoms with Gasteiger partial charge >= 0.3 is 0 Å². The van der Waals surface area contributed by atoms with Crippen molar-refractivity contribution in [2.24, 2.45) is 0 Å². The van der Waals surface area contributed by atoms with Gasteiger partial charge in [-0.25, -0.2) is 0 Å². The van der Waals surface area contributed by atoms with Crippen LogP contribution < -0.4 is 0 Å². The molecule has 1 saturated carbocycles. The fourth-order valence-electron chi connectivity index (χ4n) is 2.13. The molecular formula is C15H21NO2S. The third-order valence-electron chi connectivity index (χ3n) is 3.16. The van der Waals surface area contributed by atoms with E-state index in [2.05, 4.69) is 29.9 Å². The van der Waals surface area contributed by atoms with Crippen LogP contribution in [-0.4, -0.2) is 41.9 Å². The van der Waals surface area contributed by atoms with E-state index in [9.17, 15) is 5.11 Å². The normalized spacial score (nSPS) is 16.5. The molecule has 2 rings (SSSR count). The summed E-state index contributed by atoms with van der Waals surface area (Å²) in [5.74, 6) is 2.41. The number of hydrogen-bond acceptors (Lipinski definition) is 4. The number of hydrogen-bond donors (Lipinski definition) is 1. The first-order valence-electron chi connectivity index (χ1n) is 6.67. The van der Waals surface area contributed by atoms with Crippen molar-refractivity contribution in [1.29, 1.82) is 0 Å². The highest BCUT2D eigenvalue weighted by Crippen LogP contribution is 2.29. The molecule has 1 N–H and O–H groups in total. The first kappa shape index (κ1) is 14.5. The second-order valence-corrected chi connectivity index (χ2v) is 6.42. The number of aryl methyl sites for hydroxylation is 1. The van der Waals surface area contributed by atoms with Crippen molar-refractivity contribution in [2.75, 3.05) is 19.8 Å². The number of ether oxygens (including phenoxy) is 1. The Labute approximate surface area is 119 Å². The maximum Gasteiger partial charge on any atom is 0.107 e. The van der Waals surface area contributed by atoms with Crippen LogP contribution >= 0.6 is 11.3 Å². The average molecular weight is 279 g/mol. The maximum absolute atomic E-state index is 9.97. The number of rotatable bonds is 8. The van der Waals surface area contributed by atoms with Gasteiger partial charge < -0.3 is 9.84 Å². The standard InChI is InChI=1S/C15H21NO2S/c1-3-8-18-11-14(17)9-16(13-5-6-13)10-15-7-4-12(2)19-15/h1,4,7,13-14,17H,5-6,8-11H2,2H3/t14-/m1/s1. The van der Waals surface area contributed by atoms with Gasteiger partial charge in [0, 0.05) is 28.9 Å². The smallest absolute Gasteiger partial charge is 0.107 e. The van der Waals surface area contributed by atoms with Crippen molar-refractivity contribution in [2.45, 2.75) is 38.5 Å². The van der Waals surface area contributed by atoms with Gasteiger partial charge in [0.25, 0.3) is 0 Å². The summed E-state index contributed by atoms with van der Waals surface area (Å²) in [4.78, 5) is 5.06. The number of nitrogens with zero attached hydrogens (tertiary/aromatic N) is 1. The van der Waals surface area contributed by atoms with Crippen molar-refractivity contribution in [3.63, 3.8) is 0 Å². The molecule has 0 amide bonds. The first-order chi connectivity index (χ1) is 9.19. The molecule has 0 aromatic carbocycles. The van der Waals surface area contributed by atoms with Gasteiger partial charge in [0.1, 0.15) is 6.61 Å². The van der Waals surface area contributed by atoms with Crippen LogP contribution in [0.1, 0.15) is 22.6 Å². The quantitative estimate of drug-likeness (QED) is 0.584. The molecule has 19 heavy (non-hydrogen) atoms. The predicted octanol–water partition coefficient (Wildman–Crippen LogP) is 2.03. The summed E-state index contributed by atoms with van der Waals surface area (Å²) >= 11 is 1.83. The van der Waals surface area contributed by atoms with Gasteiger partial charge in [0.15, 0.2) is 0 Å². The molecule has 1 aromatic heterocycles. The lowest BCUT2D eigenvalue weighted by molar-refractivity contribution is 0.0244. The zero-order chi connectivity index (χ0) is 13.7. The highest BCUT2D eigenvalue weighted by atomic mass is 32.1. The molecule has 1 atom stereocenters. The molecular weight excluding hydrogens is 258 g/mol. The monoisotopic (exact) mass is 279 g/mol. The molecule has 1 fully saturated rings. The van der Waals surface area contributed by atoms with Gasteiger partial charge in [-0.05, 0) is 31.9 Å². The number of aliphatic hydroxyl groups is 1. The Morgan fingerprint density at radius 1 is 1.58 bits per heavy atom.